The predicted molar refractivity (Wildman–Crippen MR) is 73.8 cm³/mol. The van der Waals surface area contributed by atoms with Crippen LogP contribution in [0.25, 0.3) is 0 Å². The highest BCUT2D eigenvalue weighted by atomic mass is 16.5. The van der Waals surface area contributed by atoms with Crippen molar-refractivity contribution in [1.29, 1.82) is 0 Å². The third-order valence-electron chi connectivity index (χ3n) is 3.98. The fourth-order valence-corrected chi connectivity index (χ4v) is 2.75. The molecule has 0 aromatic rings. The molecule has 0 aliphatic heterocycles. The van der Waals surface area contributed by atoms with Gasteiger partial charge in [-0.2, -0.15) is 0 Å². The summed E-state index contributed by atoms with van der Waals surface area (Å²) in [4.78, 5) is 25.4. The normalized spacial score (nSPS) is 22.7. The Morgan fingerprint density at radius 2 is 1.84 bits per heavy atom. The quantitative estimate of drug-likeness (QED) is 0.778. The third-order valence-corrected chi connectivity index (χ3v) is 3.98. The van der Waals surface area contributed by atoms with Crippen molar-refractivity contribution in [2.24, 2.45) is 11.8 Å². The first kappa shape index (κ1) is 15.8. The van der Waals surface area contributed by atoms with E-state index in [9.17, 15) is 9.59 Å². The smallest absolute Gasteiger partial charge is 0.317 e. The van der Waals surface area contributed by atoms with E-state index in [-0.39, 0.29) is 23.8 Å². The summed E-state index contributed by atoms with van der Waals surface area (Å²) in [5.74, 6) is 0.0123. The van der Waals surface area contributed by atoms with Crippen LogP contribution in [0.4, 0.5) is 4.79 Å². The molecular weight excluding hydrogens is 244 g/mol. The van der Waals surface area contributed by atoms with Crippen molar-refractivity contribution in [1.82, 2.24) is 10.2 Å². The molecule has 1 rings (SSSR count). The van der Waals surface area contributed by atoms with Crippen molar-refractivity contribution in [2.75, 3.05) is 26.7 Å². The molecule has 2 atom stereocenters. The molecule has 0 saturated heterocycles. The topological polar surface area (TPSA) is 58.6 Å². The molecule has 0 aromatic carbocycles. The Morgan fingerprint density at radius 3 is 2.42 bits per heavy atom. The van der Waals surface area contributed by atoms with Crippen molar-refractivity contribution < 1.29 is 14.3 Å². The highest BCUT2D eigenvalue weighted by molar-refractivity contribution is 5.75. The lowest BCUT2D eigenvalue weighted by Crippen LogP contribution is -2.44. The van der Waals surface area contributed by atoms with Crippen molar-refractivity contribution >= 4 is 12.0 Å². The maximum atomic E-state index is 11.9. The lowest BCUT2D eigenvalue weighted by molar-refractivity contribution is -0.148. The van der Waals surface area contributed by atoms with Crippen LogP contribution in [0.1, 0.15) is 39.5 Å². The lowest BCUT2D eigenvalue weighted by atomic mass is 9.79. The average molecular weight is 270 g/mol. The maximum Gasteiger partial charge on any atom is 0.317 e. The van der Waals surface area contributed by atoms with E-state index in [0.717, 1.165) is 25.7 Å². The number of nitrogens with zero attached hydrogens (tertiary/aromatic N) is 1. The van der Waals surface area contributed by atoms with Gasteiger partial charge in [-0.1, -0.05) is 12.8 Å². The molecule has 110 valence electrons. The molecule has 1 fully saturated rings. The SMILES string of the molecule is CCN(CC)C(=O)NCC1CCCCC1C(=O)OC. The first-order chi connectivity index (χ1) is 9.13. The van der Waals surface area contributed by atoms with Gasteiger partial charge >= 0.3 is 12.0 Å². The molecular formula is C14H26N2O3. The number of nitrogens with one attached hydrogen (secondary N) is 1. The molecule has 2 amide bonds. The number of esters is 1. The highest BCUT2D eigenvalue weighted by Gasteiger charge is 2.31. The second-order valence-electron chi connectivity index (χ2n) is 5.03. The molecule has 1 aliphatic carbocycles. The van der Waals surface area contributed by atoms with Crippen LogP contribution >= 0.6 is 0 Å². The van der Waals surface area contributed by atoms with Gasteiger partial charge in [-0.25, -0.2) is 4.79 Å². The van der Waals surface area contributed by atoms with Gasteiger partial charge in [-0.15, -0.1) is 0 Å². The number of hydrogen-bond acceptors (Lipinski definition) is 3. The Hall–Kier alpha value is -1.26. The number of carbonyl (C=O) groups is 2. The van der Waals surface area contributed by atoms with Crippen LogP contribution in [-0.2, 0) is 9.53 Å². The van der Waals surface area contributed by atoms with E-state index in [1.165, 1.54) is 7.11 Å². The number of carbonyl (C=O) groups excluding carboxylic acids is 2. The molecule has 19 heavy (non-hydrogen) atoms. The Labute approximate surface area is 115 Å². The zero-order chi connectivity index (χ0) is 14.3. The molecule has 0 spiro atoms. The number of rotatable bonds is 5. The fourth-order valence-electron chi connectivity index (χ4n) is 2.75. The van der Waals surface area contributed by atoms with Crippen LogP contribution in [0.2, 0.25) is 0 Å². The van der Waals surface area contributed by atoms with Gasteiger partial charge in [0.15, 0.2) is 0 Å². The van der Waals surface area contributed by atoms with Gasteiger partial charge < -0.3 is 15.0 Å². The highest BCUT2D eigenvalue weighted by Crippen LogP contribution is 2.30. The van der Waals surface area contributed by atoms with Gasteiger partial charge in [0.1, 0.15) is 0 Å². The van der Waals surface area contributed by atoms with Crippen LogP contribution in [-0.4, -0.2) is 43.6 Å². The average Bonchev–Trinajstić information content (AvgIpc) is 2.45. The van der Waals surface area contributed by atoms with E-state index < -0.39 is 0 Å². The molecule has 1 aliphatic rings. The Kier molecular flexibility index (Phi) is 6.67. The fraction of sp³-hybridized carbons (Fsp3) is 0.857. The van der Waals surface area contributed by atoms with Gasteiger partial charge in [-0.3, -0.25) is 4.79 Å². The number of hydrogen-bond donors (Lipinski definition) is 1. The number of methoxy groups -OCH3 is 1. The van der Waals surface area contributed by atoms with Crippen molar-refractivity contribution in [3.8, 4) is 0 Å². The maximum absolute atomic E-state index is 11.9. The summed E-state index contributed by atoms with van der Waals surface area (Å²) in [5.41, 5.74) is 0. The van der Waals surface area contributed by atoms with Crippen LogP contribution in [0, 0.1) is 11.8 Å². The zero-order valence-electron chi connectivity index (χ0n) is 12.3. The second kappa shape index (κ2) is 8.02. The minimum Gasteiger partial charge on any atom is -0.469 e. The van der Waals surface area contributed by atoms with Gasteiger partial charge in [-0.05, 0) is 32.6 Å². The summed E-state index contributed by atoms with van der Waals surface area (Å²) in [5, 5.41) is 2.94. The molecule has 2 unspecified atom stereocenters. The molecule has 0 aromatic heterocycles. The second-order valence-corrected chi connectivity index (χ2v) is 5.03. The van der Waals surface area contributed by atoms with E-state index >= 15 is 0 Å². The van der Waals surface area contributed by atoms with Crippen LogP contribution in [0.5, 0.6) is 0 Å². The van der Waals surface area contributed by atoms with E-state index in [2.05, 4.69) is 5.32 Å². The lowest BCUT2D eigenvalue weighted by Gasteiger charge is -2.30. The Balaban J connectivity index is 2.49. The predicted octanol–water partition coefficient (Wildman–Crippen LogP) is 2.02. The minimum atomic E-state index is -0.137. The molecule has 0 bridgehead atoms. The van der Waals surface area contributed by atoms with Crippen molar-refractivity contribution in [3.63, 3.8) is 0 Å². The monoisotopic (exact) mass is 270 g/mol. The number of ether oxygens (including phenoxy) is 1. The van der Waals surface area contributed by atoms with E-state index in [1.54, 1.807) is 4.90 Å². The van der Waals surface area contributed by atoms with Gasteiger partial charge in [0.05, 0.1) is 13.0 Å². The van der Waals surface area contributed by atoms with Crippen LogP contribution < -0.4 is 5.32 Å². The Morgan fingerprint density at radius 1 is 1.21 bits per heavy atom. The third kappa shape index (κ3) is 4.40. The van der Waals surface area contributed by atoms with Crippen molar-refractivity contribution in [3.05, 3.63) is 0 Å². The molecule has 5 nitrogen and oxygen atoms in total. The zero-order valence-corrected chi connectivity index (χ0v) is 12.3. The van der Waals surface area contributed by atoms with Crippen LogP contribution in [0.3, 0.4) is 0 Å². The molecule has 0 radical (unpaired) electrons. The first-order valence-electron chi connectivity index (χ1n) is 7.24. The first-order valence-corrected chi connectivity index (χ1v) is 7.24. The summed E-state index contributed by atoms with van der Waals surface area (Å²) in [6.45, 7) is 5.89. The van der Waals surface area contributed by atoms with Gasteiger partial charge in [0.2, 0.25) is 0 Å². The molecule has 5 heteroatoms. The molecule has 0 heterocycles. The van der Waals surface area contributed by atoms with Crippen molar-refractivity contribution in [2.45, 2.75) is 39.5 Å². The minimum absolute atomic E-state index is 0.0424. The summed E-state index contributed by atoms with van der Waals surface area (Å²) in [6.07, 6.45) is 4.05. The van der Waals surface area contributed by atoms with E-state index in [4.69, 9.17) is 4.74 Å². The largest absolute Gasteiger partial charge is 0.469 e. The van der Waals surface area contributed by atoms with Gasteiger partial charge in [0, 0.05) is 19.6 Å². The van der Waals surface area contributed by atoms with E-state index in [0.29, 0.717) is 19.6 Å². The molecule has 1 N–H and O–H groups in total. The summed E-state index contributed by atoms with van der Waals surface area (Å²) in [6, 6.07) is -0.0424. The van der Waals surface area contributed by atoms with Gasteiger partial charge in [0.25, 0.3) is 0 Å². The summed E-state index contributed by atoms with van der Waals surface area (Å²) >= 11 is 0. The standard InChI is InChI=1S/C14H26N2O3/c1-4-16(5-2)14(18)15-10-11-8-6-7-9-12(11)13(17)19-3/h11-12H,4-10H2,1-3H3,(H,15,18). The summed E-state index contributed by atoms with van der Waals surface area (Å²) < 4.78 is 4.85. The number of urea groups is 1. The van der Waals surface area contributed by atoms with E-state index in [1.807, 2.05) is 13.8 Å². The Bertz CT molecular complexity index is 303. The number of amides is 2. The van der Waals surface area contributed by atoms with Crippen LogP contribution in [0.15, 0.2) is 0 Å². The summed E-state index contributed by atoms with van der Waals surface area (Å²) in [7, 11) is 1.43. The molecule has 1 saturated carbocycles.